The first-order chi connectivity index (χ1) is 9.67. The SMILES string of the molecule is Cc1ccc(CN2CCCC3(CCCNC3)C2)cc1F. The van der Waals surface area contributed by atoms with Gasteiger partial charge in [-0.3, -0.25) is 4.90 Å². The number of aryl methyl sites for hydroxylation is 1. The van der Waals surface area contributed by atoms with Crippen LogP contribution >= 0.6 is 0 Å². The van der Waals surface area contributed by atoms with Crippen molar-refractivity contribution in [2.24, 2.45) is 5.41 Å². The van der Waals surface area contributed by atoms with Gasteiger partial charge < -0.3 is 5.32 Å². The number of likely N-dealkylation sites (tertiary alicyclic amines) is 1. The smallest absolute Gasteiger partial charge is 0.126 e. The zero-order valence-corrected chi connectivity index (χ0v) is 12.4. The Kier molecular flexibility index (Phi) is 4.08. The summed E-state index contributed by atoms with van der Waals surface area (Å²) in [6.07, 6.45) is 5.26. The maximum atomic E-state index is 13.7. The predicted molar refractivity (Wildman–Crippen MR) is 80.2 cm³/mol. The number of halogens is 1. The van der Waals surface area contributed by atoms with Crippen molar-refractivity contribution in [2.45, 2.75) is 39.2 Å². The number of benzene rings is 1. The van der Waals surface area contributed by atoms with E-state index in [1.807, 2.05) is 13.0 Å². The molecule has 0 aliphatic carbocycles. The van der Waals surface area contributed by atoms with Crippen molar-refractivity contribution in [3.05, 3.63) is 35.1 Å². The standard InChI is InChI=1S/C17H25FN2/c1-14-4-5-15(10-16(14)18)11-20-9-3-7-17(13-20)6-2-8-19-12-17/h4-5,10,19H,2-3,6-9,11-13H2,1H3. The molecule has 2 nitrogen and oxygen atoms in total. The average Bonchev–Trinajstić information content (AvgIpc) is 2.44. The monoisotopic (exact) mass is 276 g/mol. The quantitative estimate of drug-likeness (QED) is 0.893. The third-order valence-electron chi connectivity index (χ3n) is 4.94. The first-order valence-electron chi connectivity index (χ1n) is 7.85. The normalized spacial score (nSPS) is 27.9. The summed E-state index contributed by atoms with van der Waals surface area (Å²) >= 11 is 0. The minimum atomic E-state index is -0.0754. The number of hydrogen-bond donors (Lipinski definition) is 1. The first-order valence-corrected chi connectivity index (χ1v) is 7.85. The first kappa shape index (κ1) is 14.0. The van der Waals surface area contributed by atoms with Gasteiger partial charge in [0.2, 0.25) is 0 Å². The molecule has 2 saturated heterocycles. The second kappa shape index (κ2) is 5.82. The largest absolute Gasteiger partial charge is 0.316 e. The Labute approximate surface area is 121 Å². The second-order valence-corrected chi connectivity index (χ2v) is 6.68. The van der Waals surface area contributed by atoms with E-state index >= 15 is 0 Å². The summed E-state index contributed by atoms with van der Waals surface area (Å²) in [6, 6.07) is 5.67. The van der Waals surface area contributed by atoms with Gasteiger partial charge in [0.1, 0.15) is 5.82 Å². The van der Waals surface area contributed by atoms with Crippen LogP contribution in [-0.4, -0.2) is 31.1 Å². The molecule has 2 aliphatic heterocycles. The van der Waals surface area contributed by atoms with Gasteiger partial charge in [-0.15, -0.1) is 0 Å². The lowest BCUT2D eigenvalue weighted by molar-refractivity contribution is 0.0600. The van der Waals surface area contributed by atoms with Gasteiger partial charge in [-0.05, 0) is 68.3 Å². The molecule has 0 radical (unpaired) electrons. The molecule has 3 rings (SSSR count). The molecule has 1 aromatic carbocycles. The number of nitrogens with one attached hydrogen (secondary N) is 1. The van der Waals surface area contributed by atoms with Crippen molar-refractivity contribution in [2.75, 3.05) is 26.2 Å². The Hall–Kier alpha value is -0.930. The molecule has 110 valence electrons. The molecule has 0 amide bonds. The van der Waals surface area contributed by atoms with Gasteiger partial charge in [0.05, 0.1) is 0 Å². The van der Waals surface area contributed by atoms with Gasteiger partial charge in [-0.2, -0.15) is 0 Å². The molecule has 1 aromatic rings. The minimum Gasteiger partial charge on any atom is -0.316 e. The van der Waals surface area contributed by atoms with Gasteiger partial charge in [0.25, 0.3) is 0 Å². The lowest BCUT2D eigenvalue weighted by Gasteiger charge is -2.45. The van der Waals surface area contributed by atoms with E-state index < -0.39 is 0 Å². The molecule has 1 N–H and O–H groups in total. The zero-order chi connectivity index (χ0) is 14.0. The predicted octanol–water partition coefficient (Wildman–Crippen LogP) is 3.10. The number of nitrogens with zero attached hydrogens (tertiary/aromatic N) is 1. The molecule has 3 heteroatoms. The molecule has 2 heterocycles. The molecule has 2 fully saturated rings. The molecule has 1 unspecified atom stereocenters. The summed E-state index contributed by atoms with van der Waals surface area (Å²) in [5.74, 6) is -0.0754. The molecule has 20 heavy (non-hydrogen) atoms. The number of rotatable bonds is 2. The summed E-state index contributed by atoms with van der Waals surface area (Å²) in [5.41, 5.74) is 2.31. The van der Waals surface area contributed by atoms with Crippen LogP contribution in [0.5, 0.6) is 0 Å². The lowest BCUT2D eigenvalue weighted by Crippen LogP contribution is -2.50. The molecule has 2 aliphatic rings. The Balaban J connectivity index is 1.66. The summed E-state index contributed by atoms with van der Waals surface area (Å²) in [4.78, 5) is 2.51. The summed E-state index contributed by atoms with van der Waals surface area (Å²) in [7, 11) is 0. The van der Waals surface area contributed by atoms with Crippen molar-refractivity contribution in [1.82, 2.24) is 10.2 Å². The molecular weight excluding hydrogens is 251 g/mol. The molecule has 1 atom stereocenters. The third kappa shape index (κ3) is 3.04. The molecule has 0 aromatic heterocycles. The van der Waals surface area contributed by atoms with Gasteiger partial charge >= 0.3 is 0 Å². The highest BCUT2D eigenvalue weighted by Gasteiger charge is 2.36. The summed E-state index contributed by atoms with van der Waals surface area (Å²) in [6.45, 7) is 7.35. The van der Waals surface area contributed by atoms with E-state index in [1.165, 1.54) is 32.2 Å². The number of hydrogen-bond acceptors (Lipinski definition) is 2. The van der Waals surface area contributed by atoms with Crippen LogP contribution in [0.25, 0.3) is 0 Å². The van der Waals surface area contributed by atoms with Crippen LogP contribution in [0.4, 0.5) is 4.39 Å². The van der Waals surface area contributed by atoms with Crippen molar-refractivity contribution in [3.63, 3.8) is 0 Å². The summed E-state index contributed by atoms with van der Waals surface area (Å²) < 4.78 is 13.7. The van der Waals surface area contributed by atoms with Crippen molar-refractivity contribution in [3.8, 4) is 0 Å². The Morgan fingerprint density at radius 2 is 2.15 bits per heavy atom. The second-order valence-electron chi connectivity index (χ2n) is 6.68. The van der Waals surface area contributed by atoms with E-state index in [0.29, 0.717) is 5.41 Å². The van der Waals surface area contributed by atoms with Crippen molar-refractivity contribution >= 4 is 0 Å². The van der Waals surface area contributed by atoms with E-state index in [4.69, 9.17) is 0 Å². The van der Waals surface area contributed by atoms with Crippen LogP contribution in [0.1, 0.15) is 36.8 Å². The van der Waals surface area contributed by atoms with Crippen LogP contribution in [0.2, 0.25) is 0 Å². The Morgan fingerprint density at radius 3 is 2.90 bits per heavy atom. The Bertz CT molecular complexity index is 461. The molecule has 1 spiro atoms. The van der Waals surface area contributed by atoms with Crippen LogP contribution in [0.3, 0.4) is 0 Å². The molecule has 0 saturated carbocycles. The van der Waals surface area contributed by atoms with Gasteiger partial charge in [0.15, 0.2) is 0 Å². The van der Waals surface area contributed by atoms with Crippen LogP contribution < -0.4 is 5.32 Å². The maximum Gasteiger partial charge on any atom is 0.126 e. The van der Waals surface area contributed by atoms with Gasteiger partial charge in [-0.1, -0.05) is 12.1 Å². The minimum absolute atomic E-state index is 0.0754. The summed E-state index contributed by atoms with van der Waals surface area (Å²) in [5, 5.41) is 3.56. The highest BCUT2D eigenvalue weighted by atomic mass is 19.1. The molecular formula is C17H25FN2. The fraction of sp³-hybridized carbons (Fsp3) is 0.647. The highest BCUT2D eigenvalue weighted by molar-refractivity contribution is 5.23. The fourth-order valence-corrected chi connectivity index (χ4v) is 3.82. The van der Waals surface area contributed by atoms with E-state index in [-0.39, 0.29) is 5.82 Å². The van der Waals surface area contributed by atoms with E-state index in [2.05, 4.69) is 16.3 Å². The van der Waals surface area contributed by atoms with Gasteiger partial charge in [0, 0.05) is 19.6 Å². The molecule has 0 bridgehead atoms. The fourth-order valence-electron chi connectivity index (χ4n) is 3.82. The number of piperidine rings is 2. The maximum absolute atomic E-state index is 13.7. The average molecular weight is 276 g/mol. The lowest BCUT2D eigenvalue weighted by atomic mass is 9.74. The van der Waals surface area contributed by atoms with E-state index in [0.717, 1.165) is 37.3 Å². The van der Waals surface area contributed by atoms with E-state index in [9.17, 15) is 4.39 Å². The third-order valence-corrected chi connectivity index (χ3v) is 4.94. The Morgan fingerprint density at radius 1 is 1.30 bits per heavy atom. The topological polar surface area (TPSA) is 15.3 Å². The van der Waals surface area contributed by atoms with Crippen LogP contribution in [0, 0.1) is 18.2 Å². The van der Waals surface area contributed by atoms with Crippen molar-refractivity contribution in [1.29, 1.82) is 0 Å². The van der Waals surface area contributed by atoms with Crippen LogP contribution in [-0.2, 0) is 6.54 Å². The van der Waals surface area contributed by atoms with Crippen LogP contribution in [0.15, 0.2) is 18.2 Å². The van der Waals surface area contributed by atoms with Gasteiger partial charge in [-0.25, -0.2) is 4.39 Å². The van der Waals surface area contributed by atoms with Crippen molar-refractivity contribution < 1.29 is 4.39 Å². The zero-order valence-electron chi connectivity index (χ0n) is 12.4. The van der Waals surface area contributed by atoms with E-state index in [1.54, 1.807) is 6.07 Å². The highest BCUT2D eigenvalue weighted by Crippen LogP contribution is 2.36.